The Morgan fingerprint density at radius 3 is 2.33 bits per heavy atom. The minimum Gasteiger partial charge on any atom is -0.464 e. The van der Waals surface area contributed by atoms with Gasteiger partial charge in [0.15, 0.2) is 5.79 Å². The monoisotopic (exact) mass is 345 g/mol. The first-order valence-electron chi connectivity index (χ1n) is 8.52. The summed E-state index contributed by atoms with van der Waals surface area (Å²) in [7, 11) is 0. The number of ether oxygens (including phenoxy) is 4. The molecule has 1 rings (SSSR count). The van der Waals surface area contributed by atoms with Crippen LogP contribution in [-0.2, 0) is 23.7 Å². The summed E-state index contributed by atoms with van der Waals surface area (Å²) >= 11 is 0. The fourth-order valence-electron chi connectivity index (χ4n) is 2.43. The fraction of sp³-hybridized carbons (Fsp3) is 0.882. The summed E-state index contributed by atoms with van der Waals surface area (Å²) in [5.41, 5.74) is -0.632. The number of carbonyl (C=O) groups is 2. The van der Waals surface area contributed by atoms with Gasteiger partial charge in [-0.2, -0.15) is 0 Å². The number of nitrogens with zero attached hydrogens (tertiary/aromatic N) is 1. The van der Waals surface area contributed by atoms with Gasteiger partial charge in [0.1, 0.15) is 11.6 Å². The highest BCUT2D eigenvalue weighted by Crippen LogP contribution is 2.24. The van der Waals surface area contributed by atoms with Crippen molar-refractivity contribution in [1.29, 1.82) is 0 Å². The second-order valence-corrected chi connectivity index (χ2v) is 7.04. The number of carbonyl (C=O) groups excluding carboxylic acids is 2. The van der Waals surface area contributed by atoms with E-state index in [1.165, 1.54) is 4.90 Å². The average Bonchev–Trinajstić information content (AvgIpc) is 2.88. The molecule has 140 valence electrons. The smallest absolute Gasteiger partial charge is 0.411 e. The molecule has 1 heterocycles. The quantitative estimate of drug-likeness (QED) is 0.661. The second kappa shape index (κ2) is 8.67. The molecule has 7 heteroatoms. The van der Waals surface area contributed by atoms with Gasteiger partial charge in [0.05, 0.1) is 19.8 Å². The number of amides is 1. The molecular weight excluding hydrogens is 314 g/mol. The first-order valence-corrected chi connectivity index (χ1v) is 8.52. The van der Waals surface area contributed by atoms with Gasteiger partial charge in [0.25, 0.3) is 0 Å². The summed E-state index contributed by atoms with van der Waals surface area (Å²) in [5, 5.41) is 0. The maximum absolute atomic E-state index is 12.4. The maximum Gasteiger partial charge on any atom is 0.411 e. The van der Waals surface area contributed by atoms with Crippen molar-refractivity contribution in [2.45, 2.75) is 71.8 Å². The van der Waals surface area contributed by atoms with E-state index in [1.54, 1.807) is 34.6 Å². The van der Waals surface area contributed by atoms with Crippen molar-refractivity contribution in [3.05, 3.63) is 0 Å². The molecule has 1 atom stereocenters. The Bertz CT molecular complexity index is 425. The molecule has 1 amide bonds. The Kier molecular flexibility index (Phi) is 7.48. The van der Waals surface area contributed by atoms with E-state index in [-0.39, 0.29) is 6.61 Å². The zero-order valence-corrected chi connectivity index (χ0v) is 15.7. The highest BCUT2D eigenvalue weighted by molar-refractivity contribution is 5.81. The number of hydrogen-bond acceptors (Lipinski definition) is 6. The Hall–Kier alpha value is -1.34. The van der Waals surface area contributed by atoms with Crippen LogP contribution in [0.1, 0.15) is 54.4 Å². The third-order valence-corrected chi connectivity index (χ3v) is 3.65. The van der Waals surface area contributed by atoms with Crippen LogP contribution in [0.2, 0.25) is 0 Å². The van der Waals surface area contributed by atoms with Gasteiger partial charge < -0.3 is 18.9 Å². The third-order valence-electron chi connectivity index (χ3n) is 3.65. The van der Waals surface area contributed by atoms with Crippen LogP contribution < -0.4 is 0 Å². The SMILES string of the molecule is CCOC(=O)C(C)N(CCCC1(C)OCCO1)C(=O)OC(C)(C)C. The van der Waals surface area contributed by atoms with Gasteiger partial charge in [0.2, 0.25) is 0 Å². The topological polar surface area (TPSA) is 74.3 Å². The lowest BCUT2D eigenvalue weighted by Crippen LogP contribution is -2.47. The molecule has 24 heavy (non-hydrogen) atoms. The lowest BCUT2D eigenvalue weighted by atomic mass is 10.1. The van der Waals surface area contributed by atoms with Crippen molar-refractivity contribution in [1.82, 2.24) is 4.90 Å². The lowest BCUT2D eigenvalue weighted by molar-refractivity contribution is -0.151. The van der Waals surface area contributed by atoms with Gasteiger partial charge in [-0.15, -0.1) is 0 Å². The standard InChI is InChI=1S/C17H31NO6/c1-7-21-14(19)13(2)18(15(20)24-16(3,4)5)10-8-9-17(6)22-11-12-23-17/h13H,7-12H2,1-6H3. The Morgan fingerprint density at radius 2 is 1.83 bits per heavy atom. The van der Waals surface area contributed by atoms with Gasteiger partial charge in [0, 0.05) is 13.0 Å². The van der Waals surface area contributed by atoms with E-state index in [1.807, 2.05) is 6.92 Å². The van der Waals surface area contributed by atoms with Crippen molar-refractivity contribution < 1.29 is 28.5 Å². The number of esters is 1. The molecule has 0 aliphatic carbocycles. The van der Waals surface area contributed by atoms with Crippen molar-refractivity contribution >= 4 is 12.1 Å². The normalized spacial score (nSPS) is 18.1. The fourth-order valence-corrected chi connectivity index (χ4v) is 2.43. The molecule has 0 aromatic carbocycles. The first-order chi connectivity index (χ1) is 11.1. The Labute approximate surface area is 144 Å². The van der Waals surface area contributed by atoms with E-state index in [0.29, 0.717) is 32.6 Å². The maximum atomic E-state index is 12.4. The molecule has 0 radical (unpaired) electrons. The molecule has 0 spiro atoms. The van der Waals surface area contributed by atoms with E-state index in [2.05, 4.69) is 0 Å². The largest absolute Gasteiger partial charge is 0.464 e. The molecule has 0 bridgehead atoms. The lowest BCUT2D eigenvalue weighted by Gasteiger charge is -2.31. The molecule has 1 fully saturated rings. The molecule has 1 saturated heterocycles. The second-order valence-electron chi connectivity index (χ2n) is 7.04. The van der Waals surface area contributed by atoms with Gasteiger partial charge >= 0.3 is 12.1 Å². The third kappa shape index (κ3) is 6.65. The first kappa shape index (κ1) is 20.7. The summed E-state index contributed by atoms with van der Waals surface area (Å²) in [5.74, 6) is -1.06. The highest BCUT2D eigenvalue weighted by atomic mass is 16.7. The predicted octanol–water partition coefficient (Wildman–Crippen LogP) is 2.72. The van der Waals surface area contributed by atoms with Crippen molar-refractivity contribution in [2.75, 3.05) is 26.4 Å². The molecule has 1 aliphatic rings. The molecule has 0 aromatic rings. The van der Waals surface area contributed by atoms with Crippen LogP contribution in [0, 0.1) is 0 Å². The number of rotatable bonds is 7. The van der Waals surface area contributed by atoms with Gasteiger partial charge in [-0.1, -0.05) is 0 Å². The van der Waals surface area contributed by atoms with Crippen LogP contribution in [0.3, 0.4) is 0 Å². The molecule has 0 saturated carbocycles. The van der Waals surface area contributed by atoms with E-state index in [4.69, 9.17) is 18.9 Å². The summed E-state index contributed by atoms with van der Waals surface area (Å²) < 4.78 is 21.6. The molecule has 0 N–H and O–H groups in total. The Morgan fingerprint density at radius 1 is 1.25 bits per heavy atom. The molecule has 1 unspecified atom stereocenters. The van der Waals surface area contributed by atoms with Crippen molar-refractivity contribution in [3.8, 4) is 0 Å². The summed E-state index contributed by atoms with van der Waals surface area (Å²) in [4.78, 5) is 25.9. The van der Waals surface area contributed by atoms with Crippen LogP contribution >= 0.6 is 0 Å². The summed E-state index contributed by atoms with van der Waals surface area (Å²) in [6.07, 6.45) is 0.725. The molecular formula is C17H31NO6. The van der Waals surface area contributed by atoms with Gasteiger partial charge in [-0.05, 0) is 48.0 Å². The van der Waals surface area contributed by atoms with Crippen LogP contribution in [0.15, 0.2) is 0 Å². The Balaban J connectivity index is 2.69. The minimum atomic E-state index is -0.710. The number of hydrogen-bond donors (Lipinski definition) is 0. The predicted molar refractivity (Wildman–Crippen MR) is 88.6 cm³/mol. The van der Waals surface area contributed by atoms with Gasteiger partial charge in [-0.3, -0.25) is 4.90 Å². The van der Waals surface area contributed by atoms with Crippen molar-refractivity contribution in [3.63, 3.8) is 0 Å². The van der Waals surface area contributed by atoms with E-state index in [0.717, 1.165) is 0 Å². The molecule has 0 aromatic heterocycles. The molecule has 7 nitrogen and oxygen atoms in total. The highest BCUT2D eigenvalue weighted by Gasteiger charge is 2.33. The average molecular weight is 345 g/mol. The summed E-state index contributed by atoms with van der Waals surface area (Å²) in [6.45, 7) is 12.4. The zero-order valence-electron chi connectivity index (χ0n) is 15.7. The van der Waals surface area contributed by atoms with E-state index in [9.17, 15) is 9.59 Å². The van der Waals surface area contributed by atoms with Crippen LogP contribution in [0.4, 0.5) is 4.79 Å². The van der Waals surface area contributed by atoms with E-state index < -0.39 is 29.5 Å². The van der Waals surface area contributed by atoms with E-state index >= 15 is 0 Å². The zero-order chi connectivity index (χ0) is 18.4. The van der Waals surface area contributed by atoms with Crippen LogP contribution in [-0.4, -0.2) is 60.8 Å². The van der Waals surface area contributed by atoms with Crippen LogP contribution in [0.25, 0.3) is 0 Å². The van der Waals surface area contributed by atoms with Crippen molar-refractivity contribution in [2.24, 2.45) is 0 Å². The van der Waals surface area contributed by atoms with Gasteiger partial charge in [-0.25, -0.2) is 9.59 Å². The molecule has 1 aliphatic heterocycles. The van der Waals surface area contributed by atoms with Crippen LogP contribution in [0.5, 0.6) is 0 Å². The minimum absolute atomic E-state index is 0.269. The summed E-state index contributed by atoms with van der Waals surface area (Å²) in [6, 6.07) is -0.710.